The Balaban J connectivity index is 5.97. The average Bonchev–Trinajstić information content (AvgIpc) is 3.31. The number of likely N-dealkylation sites (N-methyl/N-ethyl adjacent to an activating group) is 3. The van der Waals surface area contributed by atoms with Gasteiger partial charge in [0.25, 0.3) is 0 Å². The lowest BCUT2D eigenvalue weighted by atomic mass is 10.0. The van der Waals surface area contributed by atoms with Gasteiger partial charge in [0.1, 0.15) is 28.9 Å². The lowest BCUT2D eigenvalue weighted by molar-refractivity contribution is -0.150. The van der Waals surface area contributed by atoms with Crippen molar-refractivity contribution in [3.8, 4) is 0 Å². The molecule has 0 aliphatic rings. The molecule has 0 aromatic heterocycles. The molecule has 0 heterocycles. The maximum absolute atomic E-state index is 14.3. The second-order valence-electron chi connectivity index (χ2n) is 21.5. The van der Waals surface area contributed by atoms with Crippen LogP contribution in [-0.4, -0.2) is 209 Å². The maximum Gasteiger partial charge on any atom is 0.443 e. The molecular formula is C52H95N9O16. The highest BCUT2D eigenvalue weighted by Gasteiger charge is 2.36. The second-order valence-corrected chi connectivity index (χ2v) is 21.5. The number of nitrogens with one attached hydrogen (secondary N) is 2. The van der Waals surface area contributed by atoms with Crippen LogP contribution in [0, 0.1) is 0 Å². The number of carboxylic acid groups (broad SMARTS) is 1. The van der Waals surface area contributed by atoms with E-state index in [-0.39, 0.29) is 57.9 Å². The first kappa shape index (κ1) is 70.7. The van der Waals surface area contributed by atoms with E-state index in [1.54, 1.807) is 90.0 Å². The number of aliphatic carboxylic acids is 1. The fraction of sp³-hybridized carbons (Fsp3) is 0.808. The molecule has 25 heteroatoms. The number of amides is 9. The van der Waals surface area contributed by atoms with E-state index in [4.69, 9.17) is 23.9 Å². The van der Waals surface area contributed by atoms with Crippen molar-refractivity contribution < 1.29 is 76.9 Å². The number of ether oxygens (including phenoxy) is 3. The largest absolute Gasteiger partial charge is 0.481 e. The van der Waals surface area contributed by atoms with Gasteiger partial charge in [-0.3, -0.25) is 24.0 Å². The van der Waals surface area contributed by atoms with Gasteiger partial charge in [0.05, 0.1) is 19.5 Å². The predicted molar refractivity (Wildman–Crippen MR) is 286 cm³/mol. The zero-order chi connectivity index (χ0) is 59.3. The lowest BCUT2D eigenvalue weighted by Crippen LogP contribution is -2.55. The number of hydrogen-bond donors (Lipinski definition) is 3. The van der Waals surface area contributed by atoms with Crippen molar-refractivity contribution >= 4 is 60.1 Å². The minimum absolute atomic E-state index is 0.0203. The number of carbonyl (C=O) groups is 10. The van der Waals surface area contributed by atoms with Crippen molar-refractivity contribution in [3.63, 3.8) is 0 Å². The summed E-state index contributed by atoms with van der Waals surface area (Å²) in [6.45, 7) is 24.1. The van der Waals surface area contributed by atoms with E-state index >= 15 is 0 Å². The fourth-order valence-electron chi connectivity index (χ4n) is 7.04. The first-order valence-electron chi connectivity index (χ1n) is 26.9. The predicted octanol–water partition coefficient (Wildman–Crippen LogP) is 6.77. The van der Waals surface area contributed by atoms with E-state index in [0.29, 0.717) is 77.5 Å². The highest BCUT2D eigenvalue weighted by Crippen LogP contribution is 2.17. The van der Waals surface area contributed by atoms with Gasteiger partial charge in [0, 0.05) is 79.8 Å². The molecule has 77 heavy (non-hydrogen) atoms. The van der Waals surface area contributed by atoms with Crippen molar-refractivity contribution in [2.45, 2.75) is 196 Å². The summed E-state index contributed by atoms with van der Waals surface area (Å²) < 4.78 is 16.2. The highest BCUT2D eigenvalue weighted by atomic mass is 16.8. The van der Waals surface area contributed by atoms with Gasteiger partial charge in [-0.25, -0.2) is 24.0 Å². The minimum atomic E-state index is -1.48. The van der Waals surface area contributed by atoms with Crippen molar-refractivity contribution in [1.29, 1.82) is 0 Å². The summed E-state index contributed by atoms with van der Waals surface area (Å²) in [5.41, 5.74) is -2.46. The third kappa shape index (κ3) is 30.9. The van der Waals surface area contributed by atoms with E-state index < -0.39 is 89.5 Å². The van der Waals surface area contributed by atoms with Crippen LogP contribution in [0.5, 0.6) is 0 Å². The number of carboxylic acids is 1. The highest BCUT2D eigenvalue weighted by molar-refractivity contribution is 5.93. The van der Waals surface area contributed by atoms with Crippen LogP contribution >= 0.6 is 0 Å². The molecule has 9 amide bonds. The van der Waals surface area contributed by atoms with Gasteiger partial charge in [-0.1, -0.05) is 12.8 Å². The van der Waals surface area contributed by atoms with Crippen LogP contribution in [-0.2, 0) is 47.9 Å². The molecule has 0 aliphatic carbocycles. The first-order valence-corrected chi connectivity index (χ1v) is 26.9. The zero-order valence-electron chi connectivity index (χ0n) is 49.2. The van der Waals surface area contributed by atoms with Gasteiger partial charge in [0.2, 0.25) is 23.6 Å². The third-order valence-electron chi connectivity index (χ3n) is 11.3. The van der Waals surface area contributed by atoms with E-state index in [2.05, 4.69) is 10.6 Å². The first-order chi connectivity index (χ1) is 35.7. The summed E-state index contributed by atoms with van der Waals surface area (Å²) in [6.07, 6.45) is -1.16. The number of unbranched alkanes of at least 4 members (excludes halogenated alkanes) is 5. The van der Waals surface area contributed by atoms with Crippen LogP contribution in [0.1, 0.15) is 167 Å². The van der Waals surface area contributed by atoms with Gasteiger partial charge >= 0.3 is 36.4 Å². The topological polar surface area (TPSA) is 284 Å². The Kier molecular flexibility index (Phi) is 32.3. The van der Waals surface area contributed by atoms with Crippen LogP contribution in [0.4, 0.5) is 24.0 Å². The van der Waals surface area contributed by atoms with Gasteiger partial charge in [0.15, 0.2) is 0 Å². The second kappa shape index (κ2) is 35.2. The van der Waals surface area contributed by atoms with Crippen LogP contribution in [0.3, 0.4) is 0 Å². The molecule has 0 saturated carbocycles. The maximum atomic E-state index is 14.3. The SMILES string of the molecule is CCN(CC)C(=O)ON(CCCCCC(=O)NCCCC[C@H](NC(=O)CCCCCN(OC(=O)N(CC)CC)C(=O)OC(C)(C)C)C(=O)N(C)[C@@H](CC(=O)O)C(=O)N(C)CCN(C)C(=O)OC(C)(C)C)C(=O)OC(C)(C)C. The summed E-state index contributed by atoms with van der Waals surface area (Å²) in [5, 5.41) is 17.2. The lowest BCUT2D eigenvalue weighted by Gasteiger charge is -2.33. The molecule has 25 nitrogen and oxygen atoms in total. The number of hydrogen-bond acceptors (Lipinski definition) is 15. The van der Waals surface area contributed by atoms with Gasteiger partial charge in [-0.2, -0.15) is 0 Å². The van der Waals surface area contributed by atoms with Crippen molar-refractivity contribution in [2.24, 2.45) is 0 Å². The molecule has 444 valence electrons. The van der Waals surface area contributed by atoms with Crippen LogP contribution in [0.15, 0.2) is 0 Å². The smallest absolute Gasteiger partial charge is 0.443 e. The Hall–Kier alpha value is -6.30. The molecule has 0 spiro atoms. The van der Waals surface area contributed by atoms with Crippen molar-refractivity contribution in [2.75, 3.05) is 80.0 Å². The minimum Gasteiger partial charge on any atom is -0.481 e. The van der Waals surface area contributed by atoms with Crippen LogP contribution in [0.25, 0.3) is 0 Å². The van der Waals surface area contributed by atoms with E-state index in [0.717, 1.165) is 15.0 Å². The molecule has 0 rings (SSSR count). The summed E-state index contributed by atoms with van der Waals surface area (Å²) in [6, 6.07) is -2.69. The molecule has 0 saturated heterocycles. The summed E-state index contributed by atoms with van der Waals surface area (Å²) in [5.74, 6) is -3.55. The number of carbonyl (C=O) groups excluding carboxylic acids is 9. The van der Waals surface area contributed by atoms with Crippen LogP contribution < -0.4 is 10.6 Å². The monoisotopic (exact) mass is 1100 g/mol. The Labute approximate surface area is 457 Å². The Bertz CT molecular complexity index is 1890. The summed E-state index contributed by atoms with van der Waals surface area (Å²) in [4.78, 5) is 147. The molecule has 0 aromatic carbocycles. The Morgan fingerprint density at radius 1 is 0.481 bits per heavy atom. The van der Waals surface area contributed by atoms with Gasteiger partial charge < -0.3 is 64.1 Å². The number of rotatable bonds is 30. The molecule has 0 fully saturated rings. The Morgan fingerprint density at radius 2 is 0.896 bits per heavy atom. The van der Waals surface area contributed by atoms with Crippen LogP contribution in [0.2, 0.25) is 0 Å². The molecule has 0 bridgehead atoms. The zero-order valence-corrected chi connectivity index (χ0v) is 49.2. The quantitative estimate of drug-likeness (QED) is 0.0380. The van der Waals surface area contributed by atoms with Crippen molar-refractivity contribution in [3.05, 3.63) is 0 Å². The molecule has 2 atom stereocenters. The molecule has 0 unspecified atom stereocenters. The molecule has 0 radical (unpaired) electrons. The van der Waals surface area contributed by atoms with E-state index in [1.165, 1.54) is 40.7 Å². The standard InChI is InChI=1S/C52H95N9O16/c1-17-58(18-2)46(69)76-60(48(71)74-51(8,9)10)33-27-21-23-30-40(62)53-32-26-25-29-38(43(66)57(16)39(37-42(64)65)44(67)55(14)35-36-56(15)45(68)73-50(5,6)7)54-41(63)31-24-22-28-34-61(49(72)75-52(11,12)13)77-47(70)59(19-3)20-4/h38-39H,17-37H2,1-16H3,(H,53,62)(H,54,63)(H,64,65)/t38-,39-/m0/s1. The number of hydroxylamine groups is 4. The summed E-state index contributed by atoms with van der Waals surface area (Å²) in [7, 11) is 4.19. The van der Waals surface area contributed by atoms with Crippen molar-refractivity contribution in [1.82, 2.24) is 45.3 Å². The molecule has 3 N–H and O–H groups in total. The molecule has 0 aromatic rings. The normalized spacial score (nSPS) is 12.2. The van der Waals surface area contributed by atoms with E-state index in [1.807, 2.05) is 0 Å². The molecule has 0 aliphatic heterocycles. The summed E-state index contributed by atoms with van der Waals surface area (Å²) >= 11 is 0. The number of nitrogens with zero attached hydrogens (tertiary/aromatic N) is 7. The third-order valence-corrected chi connectivity index (χ3v) is 11.3. The fourth-order valence-corrected chi connectivity index (χ4v) is 7.04. The van der Waals surface area contributed by atoms with E-state index in [9.17, 15) is 53.1 Å². The van der Waals surface area contributed by atoms with Gasteiger partial charge in [-0.05, 0) is 135 Å². The molecular weight excluding hydrogens is 1010 g/mol. The average molecular weight is 1100 g/mol. The Morgan fingerprint density at radius 3 is 1.31 bits per heavy atom. The van der Waals surface area contributed by atoms with Gasteiger partial charge in [-0.15, -0.1) is 10.1 Å².